The van der Waals surface area contributed by atoms with Gasteiger partial charge in [0.15, 0.2) is 0 Å². The third-order valence-electron chi connectivity index (χ3n) is 18.6. The Hall–Kier alpha value is -12.6. The molecule has 0 aromatic heterocycles. The number of rotatable bonds is 21. The van der Waals surface area contributed by atoms with Crippen molar-refractivity contribution in [2.75, 3.05) is 16.3 Å². The van der Waals surface area contributed by atoms with Gasteiger partial charge in [-0.1, -0.05) is 340 Å². The van der Waals surface area contributed by atoms with Crippen molar-refractivity contribution in [3.05, 3.63) is 429 Å². The Morgan fingerprint density at radius 3 is 1.10 bits per heavy atom. The van der Waals surface area contributed by atoms with Crippen LogP contribution in [0.5, 0.6) is 0 Å². The minimum Gasteiger partial charge on any atom is -0.338 e. The van der Waals surface area contributed by atoms with Gasteiger partial charge in [-0.15, -0.1) is 0 Å². The number of allylic oxidation sites excluding steroid dienone is 8. The van der Waals surface area contributed by atoms with Crippen LogP contribution in [0, 0.1) is 0 Å². The molecule has 474 valence electrons. The summed E-state index contributed by atoms with van der Waals surface area (Å²) in [7, 11) is 0. The molecule has 0 atom stereocenters. The zero-order valence-electron chi connectivity index (χ0n) is 55.9. The van der Waals surface area contributed by atoms with Crippen LogP contribution < -0.4 is 9.80 Å². The van der Waals surface area contributed by atoms with Gasteiger partial charge in [0.1, 0.15) is 0 Å². The summed E-state index contributed by atoms with van der Waals surface area (Å²) < 4.78 is 0. The van der Waals surface area contributed by atoms with E-state index in [1.807, 2.05) is 6.08 Å². The van der Waals surface area contributed by atoms with Crippen molar-refractivity contribution in [2.45, 2.75) is 13.8 Å². The Morgan fingerprint density at radius 1 is 0.293 bits per heavy atom. The molecule has 14 aromatic rings. The summed E-state index contributed by atoms with van der Waals surface area (Å²) in [4.78, 5) is 4.78. The fourth-order valence-electron chi connectivity index (χ4n) is 13.3. The zero-order chi connectivity index (χ0) is 67.1. The largest absolute Gasteiger partial charge is 0.338 e. The second-order valence-electron chi connectivity index (χ2n) is 24.8. The van der Waals surface area contributed by atoms with Crippen LogP contribution in [0.2, 0.25) is 0 Å². The lowest BCUT2D eigenvalue weighted by Crippen LogP contribution is -2.17. The summed E-state index contributed by atoms with van der Waals surface area (Å²) in [6.45, 7) is 9.19. The van der Waals surface area contributed by atoms with E-state index >= 15 is 0 Å². The van der Waals surface area contributed by atoms with E-state index < -0.39 is 0 Å². The van der Waals surface area contributed by atoms with Crippen molar-refractivity contribution in [1.82, 2.24) is 0 Å². The van der Waals surface area contributed by atoms with Crippen LogP contribution in [-0.4, -0.2) is 6.54 Å². The molecule has 0 radical (unpaired) electrons. The highest BCUT2D eigenvalue weighted by atomic mass is 15.1. The molecule has 99 heavy (non-hydrogen) atoms. The molecule has 0 unspecified atom stereocenters. The standard InChI is InChI=1S/C97H76N2/c1-4-25-94(96(84-34-20-10-21-35-84)66-67-98(89-56-48-80(49-57-89)74-26-12-6-13-27-74)90-58-50-81(51-59-90)75-28-14-7-15-29-75)86-46-44-78(45-47-86)72(5-2)68-71(3)73-40-42-79(43-41-73)83-54-62-92(63-55-83)99(91-60-52-82(53-61-91)76-30-16-8-17-31-76)93-64-65-95(97(70-93)85-36-22-11-23-37-85)88-39-24-38-87(69-88)77-32-18-9-19-33-77/h4-66,68-70H,1,67H2,2-3H3/b71-68+,72-5+,94-25-,96-66-. The lowest BCUT2D eigenvalue weighted by Gasteiger charge is -2.27. The van der Waals surface area contributed by atoms with Crippen LogP contribution in [0.3, 0.4) is 0 Å². The third kappa shape index (κ3) is 14.8. The highest BCUT2D eigenvalue weighted by Gasteiger charge is 2.20. The first-order valence-corrected chi connectivity index (χ1v) is 34.1. The van der Waals surface area contributed by atoms with Gasteiger partial charge in [-0.25, -0.2) is 0 Å². The number of nitrogens with zero attached hydrogens (tertiary/aromatic N) is 2. The molecule has 2 nitrogen and oxygen atoms in total. The smallest absolute Gasteiger partial charge is 0.0468 e. The van der Waals surface area contributed by atoms with Gasteiger partial charge in [-0.2, -0.15) is 0 Å². The molecule has 0 fully saturated rings. The summed E-state index contributed by atoms with van der Waals surface area (Å²) in [5.41, 5.74) is 31.0. The van der Waals surface area contributed by atoms with E-state index in [2.05, 4.69) is 425 Å². The van der Waals surface area contributed by atoms with Gasteiger partial charge in [-0.05, 0) is 203 Å². The molecule has 0 spiro atoms. The van der Waals surface area contributed by atoms with Crippen molar-refractivity contribution < 1.29 is 0 Å². The Kier molecular flexibility index (Phi) is 19.6. The van der Waals surface area contributed by atoms with Crippen molar-refractivity contribution in [3.63, 3.8) is 0 Å². The quantitative estimate of drug-likeness (QED) is 0.0662. The summed E-state index contributed by atoms with van der Waals surface area (Å²) >= 11 is 0. The average molecular weight is 1270 g/mol. The molecule has 0 bridgehead atoms. The van der Waals surface area contributed by atoms with E-state index in [1.165, 1.54) is 72.3 Å². The van der Waals surface area contributed by atoms with Gasteiger partial charge in [0.25, 0.3) is 0 Å². The molecule has 0 aliphatic carbocycles. The van der Waals surface area contributed by atoms with Gasteiger partial charge < -0.3 is 9.80 Å². The lowest BCUT2D eigenvalue weighted by molar-refractivity contribution is 1.10. The molecule has 0 heterocycles. The molecule has 0 N–H and O–H groups in total. The Bertz CT molecular complexity index is 5050. The monoisotopic (exact) mass is 1270 g/mol. The van der Waals surface area contributed by atoms with Crippen LogP contribution >= 0.6 is 0 Å². The van der Waals surface area contributed by atoms with E-state index in [0.29, 0.717) is 6.54 Å². The maximum atomic E-state index is 4.24. The zero-order valence-corrected chi connectivity index (χ0v) is 55.9. The second-order valence-corrected chi connectivity index (χ2v) is 24.8. The minimum absolute atomic E-state index is 0.621. The SMILES string of the molecule is C=C/C=C(\C(=C/CN(c1ccc(-c2ccccc2)cc1)c1ccc(-c2ccccc2)cc1)c1ccccc1)c1ccc(C(/C=C(\C)c2ccc(-c3ccc(N(c4ccc(-c5ccccc5)cc4)c4ccc(-c5cccc(-c6ccccc6)c5)c(-c5ccccc5)c4)cc3)cc2)=C/C)cc1. The van der Waals surface area contributed by atoms with Gasteiger partial charge >= 0.3 is 0 Å². The summed E-state index contributed by atoms with van der Waals surface area (Å²) in [5.74, 6) is 0. The molecule has 0 saturated carbocycles. The average Bonchev–Trinajstić information content (AvgIpc) is 0.786. The molecular weight excluding hydrogens is 1190 g/mol. The minimum atomic E-state index is 0.621. The van der Waals surface area contributed by atoms with Crippen molar-refractivity contribution in [3.8, 4) is 77.9 Å². The van der Waals surface area contributed by atoms with Crippen LogP contribution in [-0.2, 0) is 0 Å². The Labute approximate surface area is 584 Å². The van der Waals surface area contributed by atoms with E-state index in [9.17, 15) is 0 Å². The van der Waals surface area contributed by atoms with E-state index in [4.69, 9.17) is 0 Å². The van der Waals surface area contributed by atoms with Gasteiger partial charge in [-0.3, -0.25) is 0 Å². The van der Waals surface area contributed by atoms with E-state index in [-0.39, 0.29) is 0 Å². The third-order valence-corrected chi connectivity index (χ3v) is 18.6. The maximum absolute atomic E-state index is 4.24. The second kappa shape index (κ2) is 30.4. The van der Waals surface area contributed by atoms with E-state index in [1.54, 1.807) is 0 Å². The van der Waals surface area contributed by atoms with Crippen molar-refractivity contribution in [1.29, 1.82) is 0 Å². The van der Waals surface area contributed by atoms with Crippen LogP contribution in [0.25, 0.3) is 100 Å². The van der Waals surface area contributed by atoms with Crippen LogP contribution in [0.15, 0.2) is 407 Å². The van der Waals surface area contributed by atoms with Gasteiger partial charge in [0.05, 0.1) is 0 Å². The lowest BCUT2D eigenvalue weighted by atomic mass is 9.90. The van der Waals surface area contributed by atoms with Gasteiger partial charge in [0, 0.05) is 35.0 Å². The molecule has 14 aromatic carbocycles. The fraction of sp³-hybridized carbons (Fsp3) is 0.0309. The first-order chi connectivity index (χ1) is 48.9. The number of benzene rings is 14. The summed E-state index contributed by atoms with van der Waals surface area (Å²) in [5, 5.41) is 0. The molecule has 0 aliphatic rings. The van der Waals surface area contributed by atoms with Crippen LogP contribution in [0.4, 0.5) is 28.4 Å². The number of hydrogen-bond donors (Lipinski definition) is 0. The summed E-state index contributed by atoms with van der Waals surface area (Å²) in [6, 6.07) is 134. The topological polar surface area (TPSA) is 6.48 Å². The molecule has 0 aliphatic heterocycles. The molecule has 0 amide bonds. The Morgan fingerprint density at radius 2 is 0.646 bits per heavy atom. The predicted octanol–water partition coefficient (Wildman–Crippen LogP) is 26.8. The van der Waals surface area contributed by atoms with Crippen LogP contribution in [0.1, 0.15) is 36.1 Å². The highest BCUT2D eigenvalue weighted by Crippen LogP contribution is 2.43. The first-order valence-electron chi connectivity index (χ1n) is 34.1. The van der Waals surface area contributed by atoms with E-state index in [0.717, 1.165) is 78.5 Å². The molecule has 14 rings (SSSR count). The number of hydrogen-bond acceptors (Lipinski definition) is 2. The van der Waals surface area contributed by atoms with Gasteiger partial charge in [0.2, 0.25) is 0 Å². The number of anilines is 5. The van der Waals surface area contributed by atoms with Crippen molar-refractivity contribution in [2.24, 2.45) is 0 Å². The Balaban J connectivity index is 0.725. The summed E-state index contributed by atoms with van der Waals surface area (Å²) in [6.07, 6.45) is 10.9. The molecular formula is C97H76N2. The fourth-order valence-corrected chi connectivity index (χ4v) is 13.3. The predicted molar refractivity (Wildman–Crippen MR) is 425 cm³/mol. The molecule has 2 heteroatoms. The highest BCUT2D eigenvalue weighted by molar-refractivity contribution is 6.06. The van der Waals surface area contributed by atoms with Crippen molar-refractivity contribution >= 4 is 50.7 Å². The first kappa shape index (κ1) is 63.8. The normalized spacial score (nSPS) is 11.9. The maximum Gasteiger partial charge on any atom is 0.0468 e. The molecule has 0 saturated heterocycles.